The number of sulfonamides is 1. The van der Waals surface area contributed by atoms with Crippen molar-refractivity contribution in [2.45, 2.75) is 36.5 Å². The average Bonchev–Trinajstić information content (AvgIpc) is 3.50. The van der Waals surface area contributed by atoms with E-state index in [-0.39, 0.29) is 23.9 Å². The molecule has 0 aliphatic carbocycles. The molecule has 1 aromatic heterocycles. The van der Waals surface area contributed by atoms with Gasteiger partial charge in [-0.15, -0.1) is 5.10 Å². The summed E-state index contributed by atoms with van der Waals surface area (Å²) in [6, 6.07) is 7.98. The normalized spacial score (nSPS) is 16.8. The van der Waals surface area contributed by atoms with Crippen molar-refractivity contribution in [3.05, 3.63) is 71.7 Å². The van der Waals surface area contributed by atoms with Crippen LogP contribution in [0.4, 0.5) is 17.6 Å². The van der Waals surface area contributed by atoms with Gasteiger partial charge >= 0.3 is 6.18 Å². The molecule has 1 amide bonds. The minimum atomic E-state index is -4.47. The molecule has 192 valence electrons. The van der Waals surface area contributed by atoms with Crippen molar-refractivity contribution in [3.8, 4) is 11.6 Å². The molecule has 1 saturated heterocycles. The number of methoxy groups -OCH3 is 1. The molecule has 1 aliphatic rings. The summed E-state index contributed by atoms with van der Waals surface area (Å²) >= 11 is 0. The monoisotopic (exact) mass is 526 g/mol. The van der Waals surface area contributed by atoms with Gasteiger partial charge in [-0.1, -0.05) is 6.07 Å². The molecule has 1 fully saturated rings. The summed E-state index contributed by atoms with van der Waals surface area (Å²) in [5.74, 6) is -1.10. The predicted octanol–water partition coefficient (Wildman–Crippen LogP) is 3.51. The van der Waals surface area contributed by atoms with Crippen LogP contribution in [0.3, 0.4) is 0 Å². The highest BCUT2D eigenvalue weighted by Gasteiger charge is 2.39. The summed E-state index contributed by atoms with van der Waals surface area (Å²) in [7, 11) is -2.73. The molecule has 1 N–H and O–H groups in total. The molecule has 4 rings (SSSR count). The van der Waals surface area contributed by atoms with Crippen LogP contribution in [-0.4, -0.2) is 48.1 Å². The maximum Gasteiger partial charge on any atom is 0.416 e. The lowest BCUT2D eigenvalue weighted by Crippen LogP contribution is -2.45. The Bertz CT molecular complexity index is 1360. The van der Waals surface area contributed by atoms with E-state index in [4.69, 9.17) is 4.74 Å². The third-order valence-corrected chi connectivity index (χ3v) is 7.67. The topological polar surface area (TPSA) is 93.5 Å². The van der Waals surface area contributed by atoms with E-state index < -0.39 is 39.5 Å². The first-order valence-corrected chi connectivity index (χ1v) is 12.3. The zero-order chi connectivity index (χ0) is 26.1. The maximum atomic E-state index is 13.6. The van der Waals surface area contributed by atoms with Crippen molar-refractivity contribution >= 4 is 15.9 Å². The molecule has 0 bridgehead atoms. The third kappa shape index (κ3) is 5.21. The van der Waals surface area contributed by atoms with Crippen molar-refractivity contribution < 1.29 is 35.5 Å². The summed E-state index contributed by atoms with van der Waals surface area (Å²) in [5, 5.41) is 6.86. The van der Waals surface area contributed by atoms with E-state index in [2.05, 4.69) is 10.4 Å². The van der Waals surface area contributed by atoms with Crippen LogP contribution >= 0.6 is 0 Å². The number of nitrogens with zero attached hydrogens (tertiary/aromatic N) is 3. The van der Waals surface area contributed by atoms with Gasteiger partial charge in [-0.3, -0.25) is 4.79 Å². The van der Waals surface area contributed by atoms with Gasteiger partial charge in [-0.05, 0) is 55.3 Å². The Morgan fingerprint density at radius 3 is 2.56 bits per heavy atom. The minimum Gasteiger partial charge on any atom is -0.480 e. The van der Waals surface area contributed by atoms with Crippen molar-refractivity contribution in [1.82, 2.24) is 19.4 Å². The molecule has 13 heteroatoms. The van der Waals surface area contributed by atoms with E-state index in [0.717, 1.165) is 28.6 Å². The highest BCUT2D eigenvalue weighted by atomic mass is 32.2. The van der Waals surface area contributed by atoms with Crippen molar-refractivity contribution in [2.24, 2.45) is 0 Å². The van der Waals surface area contributed by atoms with E-state index >= 15 is 0 Å². The molecule has 1 aliphatic heterocycles. The fraction of sp³-hybridized carbons (Fsp3) is 0.304. The van der Waals surface area contributed by atoms with Gasteiger partial charge < -0.3 is 10.1 Å². The summed E-state index contributed by atoms with van der Waals surface area (Å²) in [5.41, 5.74) is -0.0162. The molecule has 0 saturated carbocycles. The molecule has 8 nitrogen and oxygen atoms in total. The van der Waals surface area contributed by atoms with Gasteiger partial charge in [-0.25, -0.2) is 17.5 Å². The van der Waals surface area contributed by atoms with E-state index in [9.17, 15) is 30.8 Å². The number of alkyl halides is 3. The SMILES string of the molecule is COc1nn(-c2ccc(C(F)(F)F)cc2)cc1CNC(=O)[C@@H]1CCCN1S(=O)(=O)c1cccc(F)c1. The van der Waals surface area contributed by atoms with Crippen LogP contribution in [0.5, 0.6) is 5.88 Å². The summed E-state index contributed by atoms with van der Waals surface area (Å²) in [6.07, 6.45) is -2.21. The Hall–Kier alpha value is -3.45. The molecular weight excluding hydrogens is 504 g/mol. The van der Waals surface area contributed by atoms with Gasteiger partial charge in [0.15, 0.2) is 0 Å². The highest BCUT2D eigenvalue weighted by molar-refractivity contribution is 7.89. The molecule has 2 aromatic carbocycles. The van der Waals surface area contributed by atoms with E-state index in [0.29, 0.717) is 24.1 Å². The second kappa shape index (κ2) is 9.90. The number of carbonyl (C=O) groups is 1. The lowest BCUT2D eigenvalue weighted by molar-refractivity contribution is -0.137. The number of aromatic nitrogens is 2. The van der Waals surface area contributed by atoms with Gasteiger partial charge in [0.1, 0.15) is 11.9 Å². The number of carbonyl (C=O) groups excluding carboxylic acids is 1. The summed E-state index contributed by atoms with van der Waals surface area (Å²) < 4.78 is 85.6. The summed E-state index contributed by atoms with van der Waals surface area (Å²) in [4.78, 5) is 12.7. The van der Waals surface area contributed by atoms with Crippen LogP contribution in [0.1, 0.15) is 24.0 Å². The number of nitrogens with one attached hydrogen (secondary N) is 1. The number of rotatable bonds is 7. The Morgan fingerprint density at radius 1 is 1.19 bits per heavy atom. The average molecular weight is 527 g/mol. The van der Waals surface area contributed by atoms with Crippen LogP contribution in [0.25, 0.3) is 5.69 Å². The van der Waals surface area contributed by atoms with E-state index in [1.807, 2.05) is 0 Å². The number of halogens is 4. The minimum absolute atomic E-state index is 0.0625. The van der Waals surface area contributed by atoms with E-state index in [1.165, 1.54) is 42.3 Å². The first-order valence-electron chi connectivity index (χ1n) is 10.9. The lowest BCUT2D eigenvalue weighted by atomic mass is 10.2. The Labute approximate surface area is 204 Å². The van der Waals surface area contributed by atoms with Gasteiger partial charge in [0.05, 0.1) is 28.8 Å². The fourth-order valence-electron chi connectivity index (χ4n) is 3.98. The van der Waals surface area contributed by atoms with Crippen LogP contribution in [0, 0.1) is 5.82 Å². The van der Waals surface area contributed by atoms with Crippen LogP contribution in [-0.2, 0) is 27.5 Å². The van der Waals surface area contributed by atoms with Crippen LogP contribution in [0.2, 0.25) is 0 Å². The Balaban J connectivity index is 1.48. The molecule has 1 atom stereocenters. The van der Waals surface area contributed by atoms with Crippen molar-refractivity contribution in [2.75, 3.05) is 13.7 Å². The zero-order valence-electron chi connectivity index (χ0n) is 19.0. The second-order valence-electron chi connectivity index (χ2n) is 8.10. The zero-order valence-corrected chi connectivity index (χ0v) is 19.8. The number of benzene rings is 2. The van der Waals surface area contributed by atoms with Crippen molar-refractivity contribution in [1.29, 1.82) is 0 Å². The Morgan fingerprint density at radius 2 is 1.92 bits per heavy atom. The Kier molecular flexibility index (Phi) is 7.05. The van der Waals surface area contributed by atoms with Crippen LogP contribution < -0.4 is 10.1 Å². The predicted molar refractivity (Wildman–Crippen MR) is 120 cm³/mol. The number of ether oxygens (including phenoxy) is 1. The molecule has 0 spiro atoms. The molecule has 0 unspecified atom stereocenters. The summed E-state index contributed by atoms with van der Waals surface area (Å²) in [6.45, 7) is 0.0547. The second-order valence-corrected chi connectivity index (χ2v) is 9.99. The highest BCUT2D eigenvalue weighted by Crippen LogP contribution is 2.30. The van der Waals surface area contributed by atoms with Gasteiger partial charge in [-0.2, -0.15) is 17.5 Å². The van der Waals surface area contributed by atoms with Gasteiger partial charge in [0.25, 0.3) is 0 Å². The fourth-order valence-corrected chi connectivity index (χ4v) is 5.66. The quantitative estimate of drug-likeness (QED) is 0.476. The van der Waals surface area contributed by atoms with E-state index in [1.54, 1.807) is 0 Å². The van der Waals surface area contributed by atoms with Crippen molar-refractivity contribution in [3.63, 3.8) is 0 Å². The lowest BCUT2D eigenvalue weighted by Gasteiger charge is -2.23. The number of hydrogen-bond donors (Lipinski definition) is 1. The standard InChI is InChI=1S/C23H22F4N4O4S/c1-35-22-15(14-30(29-22)18-9-7-16(8-10-18)23(25,26)27)13-28-21(32)20-6-3-11-31(20)36(33,34)19-5-2-4-17(24)12-19/h2,4-5,7-10,12,14,20H,3,6,11,13H2,1H3,(H,28,32)/t20-/m0/s1. The molecule has 3 aromatic rings. The smallest absolute Gasteiger partial charge is 0.416 e. The first-order chi connectivity index (χ1) is 17.0. The number of amides is 1. The molecule has 0 radical (unpaired) electrons. The largest absolute Gasteiger partial charge is 0.480 e. The van der Waals surface area contributed by atoms with Crippen LogP contribution in [0.15, 0.2) is 59.6 Å². The number of hydrogen-bond acceptors (Lipinski definition) is 5. The molecule has 36 heavy (non-hydrogen) atoms. The first kappa shape index (κ1) is 25.6. The van der Waals surface area contributed by atoms with Gasteiger partial charge in [0, 0.05) is 19.3 Å². The van der Waals surface area contributed by atoms with Gasteiger partial charge in [0.2, 0.25) is 21.8 Å². The maximum absolute atomic E-state index is 13.6. The molecule has 2 heterocycles. The molecular formula is C23H22F4N4O4S. The third-order valence-electron chi connectivity index (χ3n) is 5.77.